The molecule has 2 heterocycles. The SMILES string of the molecule is CCn1ccc(NC(=O)c2nnc(NC)s2)n1. The van der Waals surface area contributed by atoms with Crippen molar-refractivity contribution in [3.05, 3.63) is 17.3 Å². The van der Waals surface area contributed by atoms with Crippen LogP contribution in [0.15, 0.2) is 12.3 Å². The molecule has 17 heavy (non-hydrogen) atoms. The number of carbonyl (C=O) groups excluding carboxylic acids is 1. The molecule has 0 aliphatic heterocycles. The molecule has 7 nitrogen and oxygen atoms in total. The van der Waals surface area contributed by atoms with Gasteiger partial charge in [-0.2, -0.15) is 5.10 Å². The highest BCUT2D eigenvalue weighted by Gasteiger charge is 2.13. The van der Waals surface area contributed by atoms with Crippen molar-refractivity contribution in [2.45, 2.75) is 13.5 Å². The van der Waals surface area contributed by atoms with E-state index in [4.69, 9.17) is 0 Å². The first-order valence-electron chi connectivity index (χ1n) is 5.09. The van der Waals surface area contributed by atoms with Crippen LogP contribution in [0.2, 0.25) is 0 Å². The highest BCUT2D eigenvalue weighted by molar-refractivity contribution is 7.17. The van der Waals surface area contributed by atoms with Gasteiger partial charge in [-0.15, -0.1) is 10.2 Å². The van der Waals surface area contributed by atoms with Crippen molar-refractivity contribution < 1.29 is 4.79 Å². The molecule has 2 aromatic heterocycles. The maximum Gasteiger partial charge on any atom is 0.287 e. The van der Waals surface area contributed by atoms with Gasteiger partial charge in [-0.25, -0.2) is 0 Å². The van der Waals surface area contributed by atoms with Gasteiger partial charge in [-0.3, -0.25) is 9.48 Å². The van der Waals surface area contributed by atoms with Gasteiger partial charge < -0.3 is 10.6 Å². The van der Waals surface area contributed by atoms with E-state index in [1.165, 1.54) is 11.3 Å². The molecule has 1 amide bonds. The second-order valence-corrected chi connectivity index (χ2v) is 4.15. The summed E-state index contributed by atoms with van der Waals surface area (Å²) in [6, 6.07) is 1.74. The molecule has 0 atom stereocenters. The van der Waals surface area contributed by atoms with Crippen LogP contribution in [0.1, 0.15) is 16.7 Å². The van der Waals surface area contributed by atoms with Crippen molar-refractivity contribution in [3.63, 3.8) is 0 Å². The zero-order valence-corrected chi connectivity index (χ0v) is 10.3. The molecule has 8 heteroatoms. The lowest BCUT2D eigenvalue weighted by molar-refractivity contribution is 0.102. The predicted molar refractivity (Wildman–Crippen MR) is 65.3 cm³/mol. The number of nitrogens with zero attached hydrogens (tertiary/aromatic N) is 4. The molecule has 2 N–H and O–H groups in total. The number of nitrogens with one attached hydrogen (secondary N) is 2. The lowest BCUT2D eigenvalue weighted by atomic mass is 10.5. The lowest BCUT2D eigenvalue weighted by Gasteiger charge is -1.97. The summed E-state index contributed by atoms with van der Waals surface area (Å²) in [6.07, 6.45) is 1.80. The normalized spacial score (nSPS) is 10.2. The fourth-order valence-corrected chi connectivity index (χ4v) is 1.78. The van der Waals surface area contributed by atoms with Crippen LogP contribution >= 0.6 is 11.3 Å². The monoisotopic (exact) mass is 252 g/mol. The fourth-order valence-electron chi connectivity index (χ4n) is 1.19. The van der Waals surface area contributed by atoms with Crippen molar-refractivity contribution in [2.75, 3.05) is 17.7 Å². The molecular formula is C9H12N6OS. The van der Waals surface area contributed by atoms with Crippen LogP contribution < -0.4 is 10.6 Å². The van der Waals surface area contributed by atoms with Crippen LogP contribution in [0.25, 0.3) is 0 Å². The quantitative estimate of drug-likeness (QED) is 0.849. The van der Waals surface area contributed by atoms with Gasteiger partial charge in [-0.05, 0) is 6.92 Å². The van der Waals surface area contributed by atoms with E-state index in [0.717, 1.165) is 6.54 Å². The Kier molecular flexibility index (Phi) is 3.33. The van der Waals surface area contributed by atoms with Crippen molar-refractivity contribution in [1.82, 2.24) is 20.0 Å². The molecular weight excluding hydrogens is 240 g/mol. The molecule has 2 rings (SSSR count). The summed E-state index contributed by atoms with van der Waals surface area (Å²) < 4.78 is 1.73. The molecule has 0 radical (unpaired) electrons. The maximum absolute atomic E-state index is 11.8. The van der Waals surface area contributed by atoms with E-state index in [9.17, 15) is 4.79 Å². The Labute approximate surface area is 102 Å². The van der Waals surface area contributed by atoms with E-state index in [-0.39, 0.29) is 5.91 Å². The fraction of sp³-hybridized carbons (Fsp3) is 0.333. The minimum atomic E-state index is -0.301. The molecule has 0 aliphatic carbocycles. The maximum atomic E-state index is 11.8. The Morgan fingerprint density at radius 1 is 1.53 bits per heavy atom. The van der Waals surface area contributed by atoms with Crippen molar-refractivity contribution >= 4 is 28.2 Å². The minimum absolute atomic E-state index is 0.301. The highest BCUT2D eigenvalue weighted by atomic mass is 32.1. The van der Waals surface area contributed by atoms with E-state index in [1.807, 2.05) is 6.92 Å². The van der Waals surface area contributed by atoms with Crippen LogP contribution in [0.4, 0.5) is 10.9 Å². The first-order chi connectivity index (χ1) is 8.22. The smallest absolute Gasteiger partial charge is 0.287 e. The summed E-state index contributed by atoms with van der Waals surface area (Å²) in [6.45, 7) is 2.74. The van der Waals surface area contributed by atoms with Gasteiger partial charge in [0.1, 0.15) is 0 Å². The first-order valence-corrected chi connectivity index (χ1v) is 5.90. The number of amides is 1. The molecule has 0 unspecified atom stereocenters. The number of anilines is 2. The molecule has 0 spiro atoms. The van der Waals surface area contributed by atoms with Crippen LogP contribution in [-0.4, -0.2) is 32.9 Å². The van der Waals surface area contributed by atoms with Crippen LogP contribution in [0.5, 0.6) is 0 Å². The average Bonchev–Trinajstić information content (AvgIpc) is 2.96. The van der Waals surface area contributed by atoms with E-state index in [1.54, 1.807) is 24.0 Å². The minimum Gasteiger partial charge on any atom is -0.363 e. The van der Waals surface area contributed by atoms with Crippen LogP contribution in [0, 0.1) is 0 Å². The Bertz CT molecular complexity index is 519. The van der Waals surface area contributed by atoms with Crippen LogP contribution in [0.3, 0.4) is 0 Å². The Hall–Kier alpha value is -1.96. The van der Waals surface area contributed by atoms with E-state index in [2.05, 4.69) is 25.9 Å². The molecule has 0 fully saturated rings. The van der Waals surface area contributed by atoms with E-state index in [0.29, 0.717) is 16.0 Å². The van der Waals surface area contributed by atoms with Gasteiger partial charge in [0.15, 0.2) is 5.82 Å². The Morgan fingerprint density at radius 3 is 2.94 bits per heavy atom. The number of rotatable bonds is 4. The van der Waals surface area contributed by atoms with Gasteiger partial charge in [0.25, 0.3) is 5.91 Å². The second kappa shape index (κ2) is 4.91. The summed E-state index contributed by atoms with van der Waals surface area (Å²) in [5, 5.41) is 18.1. The summed E-state index contributed by atoms with van der Waals surface area (Å²) >= 11 is 1.19. The standard InChI is InChI=1S/C9H12N6OS/c1-3-15-5-4-6(14-15)11-7(16)8-12-13-9(10-2)17-8/h4-5H,3H2,1-2H3,(H,10,13)(H,11,14,16). The molecule has 0 aromatic carbocycles. The number of hydrogen-bond acceptors (Lipinski definition) is 6. The van der Waals surface area contributed by atoms with Crippen molar-refractivity contribution in [2.24, 2.45) is 0 Å². The Morgan fingerprint density at radius 2 is 2.35 bits per heavy atom. The molecule has 0 aliphatic rings. The van der Waals surface area contributed by atoms with E-state index >= 15 is 0 Å². The molecule has 90 valence electrons. The number of carbonyl (C=O) groups is 1. The summed E-state index contributed by atoms with van der Waals surface area (Å²) in [5.41, 5.74) is 0. The number of aryl methyl sites for hydroxylation is 1. The average molecular weight is 252 g/mol. The molecule has 0 saturated heterocycles. The van der Waals surface area contributed by atoms with Crippen molar-refractivity contribution in [3.8, 4) is 0 Å². The lowest BCUT2D eigenvalue weighted by Crippen LogP contribution is -2.12. The Balaban J connectivity index is 2.05. The summed E-state index contributed by atoms with van der Waals surface area (Å²) in [7, 11) is 1.73. The largest absolute Gasteiger partial charge is 0.363 e. The van der Waals surface area contributed by atoms with Gasteiger partial charge in [0, 0.05) is 25.9 Å². The van der Waals surface area contributed by atoms with Gasteiger partial charge >= 0.3 is 0 Å². The zero-order valence-electron chi connectivity index (χ0n) is 9.47. The molecule has 0 bridgehead atoms. The predicted octanol–water partition coefficient (Wildman–Crippen LogP) is 1.05. The zero-order chi connectivity index (χ0) is 12.3. The van der Waals surface area contributed by atoms with Crippen LogP contribution in [-0.2, 0) is 6.54 Å². The summed E-state index contributed by atoms with van der Waals surface area (Å²) in [5.74, 6) is 0.211. The van der Waals surface area contributed by atoms with Gasteiger partial charge in [0.05, 0.1) is 0 Å². The van der Waals surface area contributed by atoms with Gasteiger partial charge in [-0.1, -0.05) is 11.3 Å². The first kappa shape index (κ1) is 11.5. The number of aromatic nitrogens is 4. The molecule has 2 aromatic rings. The topological polar surface area (TPSA) is 84.7 Å². The summed E-state index contributed by atoms with van der Waals surface area (Å²) in [4.78, 5) is 11.8. The third-order valence-corrected chi connectivity index (χ3v) is 2.98. The van der Waals surface area contributed by atoms with Gasteiger partial charge in [0.2, 0.25) is 10.1 Å². The second-order valence-electron chi connectivity index (χ2n) is 3.17. The molecule has 0 saturated carbocycles. The third-order valence-electron chi connectivity index (χ3n) is 2.04. The van der Waals surface area contributed by atoms with E-state index < -0.39 is 0 Å². The highest BCUT2D eigenvalue weighted by Crippen LogP contribution is 2.15. The van der Waals surface area contributed by atoms with Crippen molar-refractivity contribution in [1.29, 1.82) is 0 Å². The third kappa shape index (κ3) is 2.59. The number of hydrogen-bond donors (Lipinski definition) is 2.